The molecule has 2 aliphatic carbocycles. The van der Waals surface area contributed by atoms with Gasteiger partial charge in [-0.15, -0.1) is 0 Å². The summed E-state index contributed by atoms with van der Waals surface area (Å²) in [7, 11) is 0. The Bertz CT molecular complexity index is 801. The first-order valence-corrected chi connectivity index (χ1v) is 8.97. The van der Waals surface area contributed by atoms with Crippen molar-refractivity contribution in [2.75, 3.05) is 5.32 Å². The lowest BCUT2D eigenvalue weighted by atomic mass is 9.68. The van der Waals surface area contributed by atoms with Gasteiger partial charge in [0.05, 0.1) is 6.04 Å². The summed E-state index contributed by atoms with van der Waals surface area (Å²) in [5, 5.41) is 3.78. The highest BCUT2D eigenvalue weighted by molar-refractivity contribution is 5.93. The van der Waals surface area contributed by atoms with Crippen LogP contribution in [0.1, 0.15) is 52.7 Å². The van der Waals surface area contributed by atoms with Gasteiger partial charge in [0, 0.05) is 11.3 Å². The maximum atomic E-state index is 11.6. The van der Waals surface area contributed by atoms with E-state index in [2.05, 4.69) is 35.6 Å². The Labute approximate surface area is 142 Å². The fourth-order valence-electron chi connectivity index (χ4n) is 5.63. The van der Waals surface area contributed by atoms with Gasteiger partial charge in [0.2, 0.25) is 5.91 Å². The molecule has 2 bridgehead atoms. The van der Waals surface area contributed by atoms with E-state index in [1.807, 2.05) is 18.2 Å². The molecule has 5 rings (SSSR count). The molecule has 2 fully saturated rings. The smallest absolute Gasteiger partial charge is 0.248 e. The zero-order valence-corrected chi connectivity index (χ0v) is 13.6. The number of nitrogens with one attached hydrogen (secondary N) is 1. The first-order valence-electron chi connectivity index (χ1n) is 8.97. The van der Waals surface area contributed by atoms with Crippen LogP contribution in [-0.2, 0) is 0 Å². The van der Waals surface area contributed by atoms with E-state index in [-0.39, 0.29) is 5.91 Å². The number of amides is 1. The first kappa shape index (κ1) is 14.1. The van der Waals surface area contributed by atoms with Crippen molar-refractivity contribution in [3.05, 3.63) is 65.2 Å². The summed E-state index contributed by atoms with van der Waals surface area (Å²) in [4.78, 5) is 11.6. The van der Waals surface area contributed by atoms with E-state index in [9.17, 15) is 4.79 Å². The van der Waals surface area contributed by atoms with Crippen molar-refractivity contribution in [3.63, 3.8) is 0 Å². The van der Waals surface area contributed by atoms with Crippen LogP contribution in [0.15, 0.2) is 48.5 Å². The Morgan fingerprint density at radius 3 is 2.62 bits per heavy atom. The van der Waals surface area contributed by atoms with Crippen LogP contribution in [-0.4, -0.2) is 5.91 Å². The average molecular weight is 318 g/mol. The van der Waals surface area contributed by atoms with Gasteiger partial charge >= 0.3 is 0 Å². The third kappa shape index (κ3) is 1.94. The van der Waals surface area contributed by atoms with Gasteiger partial charge in [-0.25, -0.2) is 0 Å². The summed E-state index contributed by atoms with van der Waals surface area (Å²) in [6.45, 7) is 0. The Kier molecular flexibility index (Phi) is 2.99. The fourth-order valence-corrected chi connectivity index (χ4v) is 5.63. The number of hydrogen-bond donors (Lipinski definition) is 2. The highest BCUT2D eigenvalue weighted by Crippen LogP contribution is 2.63. The molecule has 1 heterocycles. The predicted octanol–water partition coefficient (Wildman–Crippen LogP) is 4.08. The molecule has 1 amide bonds. The highest BCUT2D eigenvalue weighted by Gasteiger charge is 2.53. The molecule has 0 radical (unpaired) electrons. The number of benzene rings is 2. The topological polar surface area (TPSA) is 55.1 Å². The summed E-state index contributed by atoms with van der Waals surface area (Å²) in [5.74, 6) is 2.41. The van der Waals surface area contributed by atoms with E-state index in [1.165, 1.54) is 36.1 Å². The maximum Gasteiger partial charge on any atom is 0.248 e. The van der Waals surface area contributed by atoms with E-state index in [1.54, 1.807) is 0 Å². The molecule has 2 saturated carbocycles. The molecule has 0 saturated heterocycles. The number of primary amides is 1. The Hall–Kier alpha value is -2.29. The van der Waals surface area contributed by atoms with Gasteiger partial charge in [0.25, 0.3) is 0 Å². The summed E-state index contributed by atoms with van der Waals surface area (Å²) < 4.78 is 0. The van der Waals surface area contributed by atoms with Crippen molar-refractivity contribution >= 4 is 11.6 Å². The van der Waals surface area contributed by atoms with Gasteiger partial charge in [-0.05, 0) is 72.3 Å². The molecule has 3 aliphatic rings. The van der Waals surface area contributed by atoms with Crippen molar-refractivity contribution in [2.45, 2.75) is 31.2 Å². The Morgan fingerprint density at radius 2 is 1.83 bits per heavy atom. The molecule has 3 N–H and O–H groups in total. The third-order valence-electron chi connectivity index (χ3n) is 6.53. The van der Waals surface area contributed by atoms with Crippen LogP contribution < -0.4 is 11.1 Å². The molecule has 1 aliphatic heterocycles. The zero-order valence-electron chi connectivity index (χ0n) is 13.6. The molecule has 5 atom stereocenters. The lowest BCUT2D eigenvalue weighted by Crippen LogP contribution is -2.35. The summed E-state index contributed by atoms with van der Waals surface area (Å²) in [5.41, 5.74) is 10.0. The minimum atomic E-state index is -0.331. The molecule has 3 nitrogen and oxygen atoms in total. The lowest BCUT2D eigenvalue weighted by Gasteiger charge is -2.43. The van der Waals surface area contributed by atoms with Gasteiger partial charge < -0.3 is 11.1 Å². The second-order valence-corrected chi connectivity index (χ2v) is 7.64. The molecule has 0 aromatic heterocycles. The predicted molar refractivity (Wildman–Crippen MR) is 94.8 cm³/mol. The van der Waals surface area contributed by atoms with Crippen molar-refractivity contribution < 1.29 is 4.79 Å². The molecule has 2 aromatic carbocycles. The van der Waals surface area contributed by atoms with Crippen molar-refractivity contribution in [2.24, 2.45) is 23.5 Å². The van der Waals surface area contributed by atoms with Crippen molar-refractivity contribution in [1.29, 1.82) is 0 Å². The van der Waals surface area contributed by atoms with Crippen molar-refractivity contribution in [3.8, 4) is 0 Å². The van der Waals surface area contributed by atoms with Crippen LogP contribution in [0.5, 0.6) is 0 Å². The molecule has 122 valence electrons. The van der Waals surface area contributed by atoms with E-state index in [0.29, 0.717) is 23.4 Å². The molecule has 0 unspecified atom stereocenters. The standard InChI is InChI=1S/C21H22N2O/c22-21(24)15-8-9-17-16(11-15)18-13-6-7-14(10-13)19(18)20(23-17)12-4-2-1-3-5-12/h1-5,8-9,11,13-14,18-20,23H,6-7,10H2,(H2,22,24)/t13-,14-,18-,19+,20+/m0/s1. The molecular weight excluding hydrogens is 296 g/mol. The van der Waals surface area contributed by atoms with E-state index in [0.717, 1.165) is 11.8 Å². The monoisotopic (exact) mass is 318 g/mol. The number of fused-ring (bicyclic) bond motifs is 7. The van der Waals surface area contributed by atoms with Gasteiger partial charge in [-0.2, -0.15) is 0 Å². The SMILES string of the molecule is NC(=O)c1ccc2c(c1)[C@@H]1[C@H]3CC[C@@H](C3)[C@H]1[C@@H](c1ccccc1)N2. The second-order valence-electron chi connectivity index (χ2n) is 7.64. The summed E-state index contributed by atoms with van der Waals surface area (Å²) in [6.07, 6.45) is 4.01. The number of carbonyl (C=O) groups excluding carboxylic acids is 1. The first-order chi connectivity index (χ1) is 11.7. The van der Waals surface area contributed by atoms with Gasteiger partial charge in [0.1, 0.15) is 0 Å². The zero-order chi connectivity index (χ0) is 16.3. The van der Waals surface area contributed by atoms with Crippen LogP contribution in [0, 0.1) is 17.8 Å². The quantitative estimate of drug-likeness (QED) is 0.876. The minimum Gasteiger partial charge on any atom is -0.378 e. The largest absolute Gasteiger partial charge is 0.378 e. The average Bonchev–Trinajstić information content (AvgIpc) is 3.23. The van der Waals surface area contributed by atoms with Crippen LogP contribution in [0.4, 0.5) is 5.69 Å². The molecule has 2 aromatic rings. The molecule has 24 heavy (non-hydrogen) atoms. The third-order valence-corrected chi connectivity index (χ3v) is 6.53. The normalized spacial score (nSPS) is 32.8. The number of anilines is 1. The number of carbonyl (C=O) groups is 1. The summed E-state index contributed by atoms with van der Waals surface area (Å²) in [6, 6.07) is 17.1. The molecule has 0 spiro atoms. The number of hydrogen-bond acceptors (Lipinski definition) is 2. The lowest BCUT2D eigenvalue weighted by molar-refractivity contribution is 0.1000. The Balaban J connectivity index is 1.64. The van der Waals surface area contributed by atoms with Gasteiger partial charge in [0.15, 0.2) is 0 Å². The maximum absolute atomic E-state index is 11.6. The van der Waals surface area contributed by atoms with E-state index in [4.69, 9.17) is 5.73 Å². The number of rotatable bonds is 2. The summed E-state index contributed by atoms with van der Waals surface area (Å²) >= 11 is 0. The highest BCUT2D eigenvalue weighted by atomic mass is 16.1. The second kappa shape index (κ2) is 5.10. The van der Waals surface area contributed by atoms with Gasteiger partial charge in [-0.3, -0.25) is 4.79 Å². The van der Waals surface area contributed by atoms with E-state index < -0.39 is 0 Å². The number of nitrogens with two attached hydrogens (primary N) is 1. The fraction of sp³-hybridized carbons (Fsp3) is 0.381. The Morgan fingerprint density at radius 1 is 1.04 bits per heavy atom. The van der Waals surface area contributed by atoms with Crippen LogP contribution in [0.3, 0.4) is 0 Å². The minimum absolute atomic E-state index is 0.331. The van der Waals surface area contributed by atoms with E-state index >= 15 is 0 Å². The molecular formula is C21H22N2O. The van der Waals surface area contributed by atoms with Gasteiger partial charge in [-0.1, -0.05) is 30.3 Å². The molecule has 3 heteroatoms. The van der Waals surface area contributed by atoms with Crippen LogP contribution in [0.2, 0.25) is 0 Å². The van der Waals surface area contributed by atoms with Crippen LogP contribution in [0.25, 0.3) is 0 Å². The van der Waals surface area contributed by atoms with Crippen LogP contribution >= 0.6 is 0 Å². The van der Waals surface area contributed by atoms with Crippen molar-refractivity contribution in [1.82, 2.24) is 0 Å².